The third-order valence-electron chi connectivity index (χ3n) is 3.82. The molecule has 1 heteroatoms. The van der Waals surface area contributed by atoms with Gasteiger partial charge in [-0.25, -0.2) is 0 Å². The Kier molecular flexibility index (Phi) is 4.29. The number of aromatic nitrogens is 1. The molecule has 1 nitrogen and oxygen atoms in total. The van der Waals surface area contributed by atoms with Crippen LogP contribution in [0, 0.1) is 5.41 Å². The van der Waals surface area contributed by atoms with Gasteiger partial charge in [-0.3, -0.25) is 4.98 Å². The van der Waals surface area contributed by atoms with E-state index >= 15 is 0 Å². The predicted octanol–water partition coefficient (Wildman–Crippen LogP) is 6.00. The normalized spacial score (nSPS) is 11.4. The van der Waals surface area contributed by atoms with Crippen molar-refractivity contribution in [3.63, 3.8) is 0 Å². The van der Waals surface area contributed by atoms with Crippen molar-refractivity contribution in [2.24, 2.45) is 5.41 Å². The molecule has 23 heavy (non-hydrogen) atoms. The molecule has 0 spiro atoms. The van der Waals surface area contributed by atoms with Gasteiger partial charge in [-0.15, -0.1) is 0 Å². The van der Waals surface area contributed by atoms with E-state index in [1.165, 1.54) is 22.3 Å². The molecule has 0 saturated heterocycles. The fourth-order valence-electron chi connectivity index (χ4n) is 2.84. The van der Waals surface area contributed by atoms with Crippen LogP contribution in [-0.4, -0.2) is 4.98 Å². The lowest BCUT2D eigenvalue weighted by molar-refractivity contribution is 0.411. The quantitative estimate of drug-likeness (QED) is 0.577. The Labute approximate surface area is 139 Å². The zero-order valence-corrected chi connectivity index (χ0v) is 14.1. The van der Waals surface area contributed by atoms with E-state index in [-0.39, 0.29) is 5.41 Å². The maximum absolute atomic E-state index is 4.57. The largest absolute Gasteiger partial charge is 0.256 e. The van der Waals surface area contributed by atoms with Crippen LogP contribution >= 0.6 is 0 Å². The van der Waals surface area contributed by atoms with Crippen molar-refractivity contribution in [3.8, 4) is 22.4 Å². The summed E-state index contributed by atoms with van der Waals surface area (Å²) in [6.07, 6.45) is 2.98. The summed E-state index contributed by atoms with van der Waals surface area (Å²) in [5.41, 5.74) is 6.30. The summed E-state index contributed by atoms with van der Waals surface area (Å²) in [4.78, 5) is 4.57. The molecule has 116 valence electrons. The van der Waals surface area contributed by atoms with Crippen molar-refractivity contribution in [2.45, 2.75) is 27.2 Å². The average molecular weight is 301 g/mol. The highest BCUT2D eigenvalue weighted by Gasteiger charge is 2.12. The van der Waals surface area contributed by atoms with Crippen molar-refractivity contribution >= 4 is 0 Å². The Morgan fingerprint density at radius 1 is 0.739 bits per heavy atom. The van der Waals surface area contributed by atoms with Crippen LogP contribution in [0.2, 0.25) is 0 Å². The molecule has 0 aliphatic heterocycles. The highest BCUT2D eigenvalue weighted by Crippen LogP contribution is 2.27. The first kappa shape index (κ1) is 15.5. The Hall–Kier alpha value is -2.41. The number of nitrogens with zero attached hydrogens (tertiary/aromatic N) is 1. The Morgan fingerprint density at radius 3 is 2.17 bits per heavy atom. The molecule has 0 atom stereocenters. The highest BCUT2D eigenvalue weighted by atomic mass is 14.7. The lowest BCUT2D eigenvalue weighted by Gasteiger charge is -2.18. The molecule has 0 unspecified atom stereocenters. The average Bonchev–Trinajstić information content (AvgIpc) is 2.54. The fourth-order valence-corrected chi connectivity index (χ4v) is 2.84. The Morgan fingerprint density at radius 2 is 1.43 bits per heavy atom. The highest BCUT2D eigenvalue weighted by molar-refractivity contribution is 5.71. The molecule has 0 bridgehead atoms. The van der Waals surface area contributed by atoms with Crippen LogP contribution in [0.3, 0.4) is 0 Å². The van der Waals surface area contributed by atoms with E-state index in [0.717, 1.165) is 12.1 Å². The Bertz CT molecular complexity index is 782. The van der Waals surface area contributed by atoms with Crippen LogP contribution in [0.15, 0.2) is 72.9 Å². The van der Waals surface area contributed by atoms with E-state index in [2.05, 4.69) is 86.4 Å². The van der Waals surface area contributed by atoms with E-state index in [1.54, 1.807) is 0 Å². The van der Waals surface area contributed by atoms with Gasteiger partial charge in [0.2, 0.25) is 0 Å². The third kappa shape index (κ3) is 4.07. The maximum Gasteiger partial charge on any atom is 0.0704 e. The first-order chi connectivity index (χ1) is 11.0. The first-order valence-electron chi connectivity index (χ1n) is 8.12. The van der Waals surface area contributed by atoms with E-state index in [9.17, 15) is 0 Å². The van der Waals surface area contributed by atoms with Crippen molar-refractivity contribution in [3.05, 3.63) is 78.5 Å². The molecule has 0 saturated carbocycles. The van der Waals surface area contributed by atoms with E-state index in [1.807, 2.05) is 12.3 Å². The maximum atomic E-state index is 4.57. The van der Waals surface area contributed by atoms with Crippen LogP contribution in [0.4, 0.5) is 0 Å². The van der Waals surface area contributed by atoms with Gasteiger partial charge in [0.1, 0.15) is 0 Å². The minimum absolute atomic E-state index is 0.282. The van der Waals surface area contributed by atoms with Crippen LogP contribution < -0.4 is 0 Å². The molecule has 3 aromatic rings. The van der Waals surface area contributed by atoms with E-state index < -0.39 is 0 Å². The van der Waals surface area contributed by atoms with Crippen molar-refractivity contribution < 1.29 is 0 Å². The number of hydrogen-bond donors (Lipinski definition) is 0. The summed E-state index contributed by atoms with van der Waals surface area (Å²) in [5, 5.41) is 0. The Balaban J connectivity index is 1.95. The van der Waals surface area contributed by atoms with Gasteiger partial charge in [-0.2, -0.15) is 0 Å². The number of rotatable bonds is 3. The molecular weight excluding hydrogens is 278 g/mol. The molecule has 3 rings (SSSR count). The molecule has 0 N–H and O–H groups in total. The first-order valence-corrected chi connectivity index (χ1v) is 8.12. The summed E-state index contributed by atoms with van der Waals surface area (Å²) in [6, 6.07) is 23.4. The number of hydrogen-bond acceptors (Lipinski definition) is 1. The van der Waals surface area contributed by atoms with Gasteiger partial charge in [0.25, 0.3) is 0 Å². The van der Waals surface area contributed by atoms with Crippen LogP contribution in [0.5, 0.6) is 0 Å². The topological polar surface area (TPSA) is 12.9 Å². The monoisotopic (exact) mass is 301 g/mol. The van der Waals surface area contributed by atoms with Gasteiger partial charge < -0.3 is 0 Å². The molecule has 0 radical (unpaired) electrons. The second-order valence-corrected chi connectivity index (χ2v) is 7.23. The molecule has 0 amide bonds. The molecule has 2 aromatic carbocycles. The minimum Gasteiger partial charge on any atom is -0.256 e. The second-order valence-electron chi connectivity index (χ2n) is 7.23. The zero-order valence-electron chi connectivity index (χ0n) is 14.1. The summed E-state index contributed by atoms with van der Waals surface area (Å²) >= 11 is 0. The van der Waals surface area contributed by atoms with Gasteiger partial charge in [-0.1, -0.05) is 69.3 Å². The minimum atomic E-state index is 0.282. The van der Waals surface area contributed by atoms with Gasteiger partial charge >= 0.3 is 0 Å². The molecule has 0 fully saturated rings. The van der Waals surface area contributed by atoms with E-state index in [0.29, 0.717) is 0 Å². The summed E-state index contributed by atoms with van der Waals surface area (Å²) in [6.45, 7) is 6.80. The van der Waals surface area contributed by atoms with Crippen LogP contribution in [0.25, 0.3) is 22.4 Å². The van der Waals surface area contributed by atoms with Crippen molar-refractivity contribution in [1.82, 2.24) is 4.98 Å². The van der Waals surface area contributed by atoms with E-state index in [4.69, 9.17) is 0 Å². The smallest absolute Gasteiger partial charge is 0.0704 e. The molecule has 0 aliphatic carbocycles. The summed E-state index contributed by atoms with van der Waals surface area (Å²) < 4.78 is 0. The third-order valence-corrected chi connectivity index (χ3v) is 3.82. The fraction of sp³-hybridized carbons (Fsp3) is 0.227. The summed E-state index contributed by atoms with van der Waals surface area (Å²) in [5.74, 6) is 0. The molecular formula is C22H23N. The molecule has 1 aromatic heterocycles. The van der Waals surface area contributed by atoms with Crippen molar-refractivity contribution in [2.75, 3.05) is 0 Å². The number of pyridine rings is 1. The second kappa shape index (κ2) is 6.37. The number of benzene rings is 2. The molecule has 0 aliphatic rings. The SMILES string of the molecule is CC(C)(C)Cc1ccnc(-c2cccc(-c3ccccc3)c2)c1. The van der Waals surface area contributed by atoms with Gasteiger partial charge in [0.05, 0.1) is 5.69 Å². The predicted molar refractivity (Wildman–Crippen MR) is 98.3 cm³/mol. The lowest BCUT2D eigenvalue weighted by atomic mass is 9.88. The summed E-state index contributed by atoms with van der Waals surface area (Å²) in [7, 11) is 0. The van der Waals surface area contributed by atoms with Gasteiger partial charge in [0.15, 0.2) is 0 Å². The van der Waals surface area contributed by atoms with Crippen LogP contribution in [0.1, 0.15) is 26.3 Å². The van der Waals surface area contributed by atoms with Gasteiger partial charge in [0, 0.05) is 11.8 Å². The van der Waals surface area contributed by atoms with Crippen molar-refractivity contribution in [1.29, 1.82) is 0 Å². The van der Waals surface area contributed by atoms with Gasteiger partial charge in [-0.05, 0) is 46.7 Å². The zero-order chi connectivity index (χ0) is 16.3. The van der Waals surface area contributed by atoms with Crippen LogP contribution in [-0.2, 0) is 6.42 Å². The standard InChI is InChI=1S/C22H23N/c1-22(2,3)16-17-12-13-23-21(14-17)20-11-7-10-19(15-20)18-8-5-4-6-9-18/h4-15H,16H2,1-3H3. The molecule has 1 heterocycles. The lowest BCUT2D eigenvalue weighted by Crippen LogP contribution is -2.09.